The van der Waals surface area contributed by atoms with E-state index in [4.69, 9.17) is 11.6 Å². The number of carboxylic acid groups (broad SMARTS) is 1. The van der Waals surface area contributed by atoms with E-state index < -0.39 is 11.9 Å². The number of rotatable bonds is 10. The summed E-state index contributed by atoms with van der Waals surface area (Å²) < 4.78 is 3.32. The molecule has 0 spiro atoms. The monoisotopic (exact) mass is 589 g/mol. The fraction of sp³-hybridized carbons (Fsp3) is 0.233. The zero-order valence-electron chi connectivity index (χ0n) is 22.8. The van der Waals surface area contributed by atoms with Gasteiger partial charge in [0.15, 0.2) is 11.6 Å². The number of amides is 1. The first-order valence-corrected chi connectivity index (χ1v) is 14.4. The smallest absolute Gasteiger partial charge is 0.323 e. The summed E-state index contributed by atoms with van der Waals surface area (Å²) in [4.78, 5) is 39.9. The number of thiophene rings is 1. The van der Waals surface area contributed by atoms with Crippen molar-refractivity contribution in [2.75, 3.05) is 0 Å². The van der Waals surface area contributed by atoms with E-state index in [1.54, 1.807) is 35.8 Å². The molecule has 3 heterocycles. The minimum atomic E-state index is -1.04. The number of fused-ring (bicyclic) bond motifs is 1. The zero-order valence-corrected chi connectivity index (χ0v) is 24.3. The van der Waals surface area contributed by atoms with Crippen LogP contribution < -0.4 is 5.32 Å². The van der Waals surface area contributed by atoms with E-state index in [2.05, 4.69) is 15.5 Å². The fourth-order valence-electron chi connectivity index (χ4n) is 5.04. The molecule has 0 radical (unpaired) electrons. The lowest BCUT2D eigenvalue weighted by Crippen LogP contribution is -2.29. The first kappa shape index (κ1) is 28.3. The Morgan fingerprint density at radius 1 is 1.00 bits per heavy atom. The molecule has 0 unspecified atom stereocenters. The quantitative estimate of drug-likeness (QED) is 0.204. The highest BCUT2D eigenvalue weighted by atomic mass is 35.5. The fourth-order valence-corrected chi connectivity index (χ4v) is 6.43. The molecule has 11 heteroatoms. The number of aromatic nitrogens is 4. The van der Waals surface area contributed by atoms with Crippen LogP contribution in [-0.4, -0.2) is 42.1 Å². The lowest BCUT2D eigenvalue weighted by Gasteiger charge is -2.12. The average molecular weight is 590 g/mol. The number of hydrogen-bond acceptors (Lipinski definition) is 6. The zero-order chi connectivity index (χ0) is 29.3. The molecule has 0 fully saturated rings. The predicted octanol–water partition coefficient (Wildman–Crippen LogP) is 5.62. The van der Waals surface area contributed by atoms with E-state index in [9.17, 15) is 19.5 Å². The topological polar surface area (TPSA) is 119 Å². The summed E-state index contributed by atoms with van der Waals surface area (Å²) in [5.41, 5.74) is 2.64. The number of aryl methyl sites for hydroxylation is 3. The maximum atomic E-state index is 13.6. The van der Waals surface area contributed by atoms with Crippen LogP contribution in [0.5, 0.6) is 0 Å². The van der Waals surface area contributed by atoms with Gasteiger partial charge in [-0.05, 0) is 49.6 Å². The summed E-state index contributed by atoms with van der Waals surface area (Å²) in [6.07, 6.45) is 1.28. The summed E-state index contributed by atoms with van der Waals surface area (Å²) in [5.74, 6) is -0.679. The summed E-state index contributed by atoms with van der Waals surface area (Å²) in [7, 11) is 0. The van der Waals surface area contributed by atoms with Gasteiger partial charge in [0.1, 0.15) is 23.1 Å². The second-order valence-corrected chi connectivity index (χ2v) is 11.0. The number of halogens is 1. The van der Waals surface area contributed by atoms with E-state index >= 15 is 0 Å². The van der Waals surface area contributed by atoms with Crippen molar-refractivity contribution in [2.45, 2.75) is 46.7 Å². The third kappa shape index (κ3) is 5.28. The van der Waals surface area contributed by atoms with Gasteiger partial charge in [-0.3, -0.25) is 19.0 Å². The third-order valence-electron chi connectivity index (χ3n) is 6.91. The van der Waals surface area contributed by atoms with Crippen LogP contribution >= 0.6 is 22.9 Å². The molecule has 5 rings (SSSR count). The standard InChI is InChI=1S/C30H28ClN5O4S/c1-4-18-14-22(28(39)21-11-6-8-12-23(21)31)30(41-18)36-17(3)33-34-25(36)15-32-29(40)27-19(5-2)20-10-7-9-13-24(20)35(27)16-26(37)38/h6-14H,4-5,15-16H2,1-3H3,(H,32,40)(H,37,38). The lowest BCUT2D eigenvalue weighted by atomic mass is 10.0. The Hall–Kier alpha value is -4.28. The predicted molar refractivity (Wildman–Crippen MR) is 158 cm³/mol. The molecule has 0 aliphatic rings. The number of carbonyl (C=O) groups excluding carboxylic acids is 2. The Bertz CT molecular complexity index is 1800. The van der Waals surface area contributed by atoms with Gasteiger partial charge < -0.3 is 15.0 Å². The molecule has 0 saturated heterocycles. The number of nitrogens with zero attached hydrogens (tertiary/aromatic N) is 4. The van der Waals surface area contributed by atoms with Crippen LogP contribution in [0, 0.1) is 6.92 Å². The minimum Gasteiger partial charge on any atom is -0.480 e. The highest BCUT2D eigenvalue weighted by molar-refractivity contribution is 7.15. The van der Waals surface area contributed by atoms with Crippen molar-refractivity contribution in [1.82, 2.24) is 24.6 Å². The molecular weight excluding hydrogens is 562 g/mol. The van der Waals surface area contributed by atoms with Crippen LogP contribution in [0.4, 0.5) is 0 Å². The average Bonchev–Trinajstić information content (AvgIpc) is 3.64. The number of benzene rings is 2. The van der Waals surface area contributed by atoms with Crippen molar-refractivity contribution in [2.24, 2.45) is 0 Å². The first-order valence-electron chi connectivity index (χ1n) is 13.2. The SMILES string of the molecule is CCc1cc(C(=O)c2ccccc2Cl)c(-n2c(C)nnc2CNC(=O)c2c(CC)c3ccccc3n2CC(=O)O)s1. The Labute approximate surface area is 245 Å². The molecule has 41 heavy (non-hydrogen) atoms. The highest BCUT2D eigenvalue weighted by Gasteiger charge is 2.26. The summed E-state index contributed by atoms with van der Waals surface area (Å²) in [5, 5.41) is 22.9. The van der Waals surface area contributed by atoms with Crippen LogP contribution in [0.25, 0.3) is 15.9 Å². The number of ketones is 1. The van der Waals surface area contributed by atoms with E-state index in [1.807, 2.05) is 44.2 Å². The van der Waals surface area contributed by atoms with Crippen molar-refractivity contribution in [3.05, 3.63) is 98.5 Å². The molecule has 0 aliphatic heterocycles. The molecular formula is C30H28ClN5O4S. The number of para-hydroxylation sites is 1. The Kier molecular flexibility index (Phi) is 8.05. The Balaban J connectivity index is 1.51. The first-order chi connectivity index (χ1) is 19.7. The third-order valence-corrected chi connectivity index (χ3v) is 8.51. The maximum Gasteiger partial charge on any atom is 0.323 e. The van der Waals surface area contributed by atoms with E-state index in [-0.39, 0.29) is 18.9 Å². The van der Waals surface area contributed by atoms with Crippen molar-refractivity contribution in [3.63, 3.8) is 0 Å². The van der Waals surface area contributed by atoms with Crippen LogP contribution in [-0.2, 0) is 30.7 Å². The molecule has 2 N–H and O–H groups in total. The summed E-state index contributed by atoms with van der Waals surface area (Å²) in [6, 6.07) is 16.2. The van der Waals surface area contributed by atoms with Gasteiger partial charge in [-0.25, -0.2) is 0 Å². The van der Waals surface area contributed by atoms with Gasteiger partial charge >= 0.3 is 5.97 Å². The van der Waals surface area contributed by atoms with Crippen LogP contribution in [0.15, 0.2) is 54.6 Å². The van der Waals surface area contributed by atoms with Crippen LogP contribution in [0.1, 0.15) is 62.3 Å². The second-order valence-electron chi connectivity index (χ2n) is 9.45. The van der Waals surface area contributed by atoms with Crippen molar-refractivity contribution >= 4 is 51.5 Å². The van der Waals surface area contributed by atoms with Gasteiger partial charge in [-0.1, -0.05) is 55.8 Å². The normalized spacial score (nSPS) is 11.2. The van der Waals surface area contributed by atoms with Gasteiger partial charge in [-0.2, -0.15) is 0 Å². The molecule has 0 bridgehead atoms. The minimum absolute atomic E-state index is 0.0104. The molecule has 5 aromatic rings. The van der Waals surface area contributed by atoms with Crippen molar-refractivity contribution in [3.8, 4) is 5.00 Å². The number of hydrogen-bond donors (Lipinski definition) is 2. The van der Waals surface area contributed by atoms with Gasteiger partial charge in [0.05, 0.1) is 17.1 Å². The second kappa shape index (κ2) is 11.7. The summed E-state index contributed by atoms with van der Waals surface area (Å²) in [6.45, 7) is 5.40. The Morgan fingerprint density at radius 3 is 2.44 bits per heavy atom. The Morgan fingerprint density at radius 2 is 1.73 bits per heavy atom. The molecule has 0 saturated carbocycles. The lowest BCUT2D eigenvalue weighted by molar-refractivity contribution is -0.137. The number of carboxylic acids is 1. The number of aliphatic carboxylic acids is 1. The maximum absolute atomic E-state index is 13.6. The number of nitrogens with one attached hydrogen (secondary N) is 1. The molecule has 2 aromatic carbocycles. The van der Waals surface area contributed by atoms with Crippen molar-refractivity contribution in [1.29, 1.82) is 0 Å². The molecule has 0 atom stereocenters. The largest absolute Gasteiger partial charge is 0.480 e. The van der Waals surface area contributed by atoms with E-state index in [0.29, 0.717) is 50.4 Å². The summed E-state index contributed by atoms with van der Waals surface area (Å²) >= 11 is 7.82. The van der Waals surface area contributed by atoms with Crippen molar-refractivity contribution < 1.29 is 19.5 Å². The molecule has 0 aliphatic carbocycles. The molecule has 3 aromatic heterocycles. The van der Waals surface area contributed by atoms with Crippen LogP contribution in [0.3, 0.4) is 0 Å². The highest BCUT2D eigenvalue weighted by Crippen LogP contribution is 2.32. The molecule has 1 amide bonds. The molecule has 9 nitrogen and oxygen atoms in total. The van der Waals surface area contributed by atoms with Gasteiger partial charge in [0.2, 0.25) is 0 Å². The van der Waals surface area contributed by atoms with E-state index in [0.717, 1.165) is 22.2 Å². The van der Waals surface area contributed by atoms with Gasteiger partial charge in [-0.15, -0.1) is 21.5 Å². The number of carbonyl (C=O) groups is 3. The molecule has 210 valence electrons. The van der Waals surface area contributed by atoms with Gasteiger partial charge in [0, 0.05) is 21.3 Å². The van der Waals surface area contributed by atoms with E-state index in [1.165, 1.54) is 15.9 Å². The van der Waals surface area contributed by atoms with Gasteiger partial charge in [0.25, 0.3) is 5.91 Å². The van der Waals surface area contributed by atoms with Crippen LogP contribution in [0.2, 0.25) is 5.02 Å².